The molecule has 8 heteroatoms. The van der Waals surface area contributed by atoms with Crippen LogP contribution in [0.15, 0.2) is 0 Å². The second-order valence-electron chi connectivity index (χ2n) is 7.41. The van der Waals surface area contributed by atoms with Crippen molar-refractivity contribution in [3.05, 3.63) is 0 Å². The normalized spacial score (nSPS) is 28.4. The Balaban J connectivity index is 2.02. The molecule has 148 valence electrons. The highest BCUT2D eigenvalue weighted by atomic mass is 16.5. The average molecular weight is 380 g/mol. The maximum absolute atomic E-state index is 12.5. The molecule has 0 unspecified atom stereocenters. The molecule has 1 spiro atoms. The third-order valence-electron chi connectivity index (χ3n) is 5.48. The first-order valence-electron chi connectivity index (χ1n) is 8.96. The Hall–Kier alpha value is -2.38. The van der Waals surface area contributed by atoms with Crippen LogP contribution in [0.4, 0.5) is 0 Å². The molecule has 2 rings (SSSR count). The Labute approximate surface area is 156 Å². The zero-order valence-electron chi connectivity index (χ0n) is 15.6. The number of methoxy groups -OCH3 is 2. The molecule has 0 aromatic rings. The number of esters is 2. The van der Waals surface area contributed by atoms with E-state index >= 15 is 0 Å². The van der Waals surface area contributed by atoms with Crippen LogP contribution in [-0.4, -0.2) is 49.3 Å². The second kappa shape index (κ2) is 8.54. The van der Waals surface area contributed by atoms with Crippen molar-refractivity contribution in [3.63, 3.8) is 0 Å². The molecule has 2 aliphatic carbocycles. The van der Waals surface area contributed by atoms with Gasteiger partial charge in [0, 0.05) is 38.5 Å². The topological polar surface area (TPSA) is 121 Å². The minimum Gasteiger partial charge on any atom is -0.469 e. The van der Waals surface area contributed by atoms with Crippen molar-refractivity contribution in [1.82, 2.24) is 0 Å². The van der Waals surface area contributed by atoms with E-state index in [1.54, 1.807) is 0 Å². The van der Waals surface area contributed by atoms with E-state index in [1.165, 1.54) is 14.2 Å². The summed E-state index contributed by atoms with van der Waals surface area (Å²) in [4.78, 5) is 72.4. The van der Waals surface area contributed by atoms with E-state index in [-0.39, 0.29) is 74.5 Å². The fraction of sp³-hybridized carbons (Fsp3) is 0.684. The van der Waals surface area contributed by atoms with Gasteiger partial charge in [-0.15, -0.1) is 0 Å². The highest BCUT2D eigenvalue weighted by Crippen LogP contribution is 2.46. The van der Waals surface area contributed by atoms with Gasteiger partial charge in [-0.1, -0.05) is 0 Å². The number of Topliss-reactive ketones (excluding diaryl/α,β-unsaturated/α-hetero) is 4. The number of hydrogen-bond donors (Lipinski definition) is 0. The summed E-state index contributed by atoms with van der Waals surface area (Å²) in [6.45, 7) is 0. The number of rotatable bonds is 6. The molecule has 0 bridgehead atoms. The molecule has 0 aromatic carbocycles. The summed E-state index contributed by atoms with van der Waals surface area (Å²) < 4.78 is 9.05. The van der Waals surface area contributed by atoms with E-state index in [0.29, 0.717) is 0 Å². The molecule has 2 fully saturated rings. The van der Waals surface area contributed by atoms with Crippen LogP contribution in [0.3, 0.4) is 0 Å². The lowest BCUT2D eigenvalue weighted by atomic mass is 9.59. The Bertz CT molecular complexity index is 580. The molecule has 0 radical (unpaired) electrons. The van der Waals surface area contributed by atoms with Crippen LogP contribution in [0.1, 0.15) is 51.4 Å². The van der Waals surface area contributed by atoms with E-state index in [2.05, 4.69) is 9.47 Å². The predicted octanol–water partition coefficient (Wildman–Crippen LogP) is 0.976. The van der Waals surface area contributed by atoms with Crippen LogP contribution in [0.2, 0.25) is 0 Å². The van der Waals surface area contributed by atoms with Crippen molar-refractivity contribution >= 4 is 35.1 Å². The molecule has 0 atom stereocenters. The minimum absolute atomic E-state index is 0.0220. The quantitative estimate of drug-likeness (QED) is 0.494. The highest BCUT2D eigenvalue weighted by molar-refractivity contribution is 6.10. The molecule has 0 aromatic heterocycles. The Morgan fingerprint density at radius 3 is 1.30 bits per heavy atom. The summed E-state index contributed by atoms with van der Waals surface area (Å²) in [7, 11) is 2.47. The summed E-state index contributed by atoms with van der Waals surface area (Å²) in [6.07, 6.45) is 0.0292. The molecule has 2 aliphatic rings. The molecule has 0 heterocycles. The third kappa shape index (κ3) is 4.87. The summed E-state index contributed by atoms with van der Waals surface area (Å²) >= 11 is 0. The molecule has 0 N–H and O–H groups in total. The van der Waals surface area contributed by atoms with Gasteiger partial charge in [0.1, 0.15) is 23.1 Å². The molecule has 0 aliphatic heterocycles. The lowest BCUT2D eigenvalue weighted by Crippen LogP contribution is -2.48. The number of ketones is 4. The fourth-order valence-corrected chi connectivity index (χ4v) is 4.08. The SMILES string of the molecule is COC(=O)CCC1C(=O)CC2(CC1=O)CC(=O)C(CCC(=O)OC)C(=O)C2. The summed E-state index contributed by atoms with van der Waals surface area (Å²) in [5.74, 6) is -4.06. The first-order valence-corrected chi connectivity index (χ1v) is 8.96. The zero-order valence-corrected chi connectivity index (χ0v) is 15.6. The number of carbonyl (C=O) groups is 6. The van der Waals surface area contributed by atoms with Crippen molar-refractivity contribution in [2.75, 3.05) is 14.2 Å². The Morgan fingerprint density at radius 1 is 0.741 bits per heavy atom. The maximum Gasteiger partial charge on any atom is 0.305 e. The van der Waals surface area contributed by atoms with Crippen LogP contribution in [0.25, 0.3) is 0 Å². The van der Waals surface area contributed by atoms with Crippen LogP contribution in [-0.2, 0) is 38.2 Å². The van der Waals surface area contributed by atoms with Crippen molar-refractivity contribution in [1.29, 1.82) is 0 Å². The van der Waals surface area contributed by atoms with Gasteiger partial charge in [-0.3, -0.25) is 28.8 Å². The van der Waals surface area contributed by atoms with E-state index in [9.17, 15) is 28.8 Å². The summed E-state index contributed by atoms with van der Waals surface area (Å²) in [5.41, 5.74) is -0.953. The average Bonchev–Trinajstić information content (AvgIpc) is 2.59. The van der Waals surface area contributed by atoms with Crippen LogP contribution >= 0.6 is 0 Å². The van der Waals surface area contributed by atoms with E-state index in [0.717, 1.165) is 0 Å². The van der Waals surface area contributed by atoms with Gasteiger partial charge in [0.25, 0.3) is 0 Å². The van der Waals surface area contributed by atoms with Crippen molar-refractivity contribution in [2.45, 2.75) is 51.4 Å². The van der Waals surface area contributed by atoms with Gasteiger partial charge >= 0.3 is 11.9 Å². The van der Waals surface area contributed by atoms with E-state index < -0.39 is 29.2 Å². The van der Waals surface area contributed by atoms with Gasteiger partial charge < -0.3 is 9.47 Å². The van der Waals surface area contributed by atoms with E-state index in [1.807, 2.05) is 0 Å². The monoisotopic (exact) mass is 380 g/mol. The smallest absolute Gasteiger partial charge is 0.305 e. The first kappa shape index (κ1) is 20.9. The van der Waals surface area contributed by atoms with Gasteiger partial charge in [0.2, 0.25) is 0 Å². The number of hydrogen-bond acceptors (Lipinski definition) is 8. The third-order valence-corrected chi connectivity index (χ3v) is 5.48. The lowest BCUT2D eigenvalue weighted by Gasteiger charge is -2.41. The van der Waals surface area contributed by atoms with Gasteiger partial charge in [-0.25, -0.2) is 0 Å². The highest BCUT2D eigenvalue weighted by Gasteiger charge is 2.51. The number of ether oxygens (including phenoxy) is 2. The summed E-state index contributed by atoms with van der Waals surface area (Å²) in [5, 5.41) is 0. The predicted molar refractivity (Wildman–Crippen MR) is 90.4 cm³/mol. The standard InChI is InChI=1S/C19H24O8/c1-26-17(24)5-3-11-13(20)7-19(8-14(11)21)9-15(22)12(16(23)10-19)4-6-18(25)27-2/h11-12H,3-10H2,1-2H3. The molecule has 27 heavy (non-hydrogen) atoms. The second-order valence-corrected chi connectivity index (χ2v) is 7.41. The molecule has 8 nitrogen and oxygen atoms in total. The largest absolute Gasteiger partial charge is 0.469 e. The Morgan fingerprint density at radius 2 is 1.04 bits per heavy atom. The van der Waals surface area contributed by atoms with Crippen LogP contribution < -0.4 is 0 Å². The molecule has 0 saturated heterocycles. The fourth-order valence-electron chi connectivity index (χ4n) is 4.08. The molecular weight excluding hydrogens is 356 g/mol. The zero-order chi connectivity index (χ0) is 20.2. The molecule has 0 amide bonds. The number of carbonyl (C=O) groups excluding carboxylic acids is 6. The van der Waals surface area contributed by atoms with Crippen molar-refractivity contribution < 1.29 is 38.2 Å². The van der Waals surface area contributed by atoms with Crippen molar-refractivity contribution in [2.24, 2.45) is 17.3 Å². The molecular formula is C19H24O8. The van der Waals surface area contributed by atoms with Crippen LogP contribution in [0, 0.1) is 17.3 Å². The van der Waals surface area contributed by atoms with Gasteiger partial charge in [-0.2, -0.15) is 0 Å². The maximum atomic E-state index is 12.5. The van der Waals surface area contributed by atoms with Crippen LogP contribution in [0.5, 0.6) is 0 Å². The molecule has 2 saturated carbocycles. The van der Waals surface area contributed by atoms with Crippen molar-refractivity contribution in [3.8, 4) is 0 Å². The Kier molecular flexibility index (Phi) is 6.62. The van der Waals surface area contributed by atoms with Gasteiger partial charge in [-0.05, 0) is 18.3 Å². The van der Waals surface area contributed by atoms with E-state index in [4.69, 9.17) is 0 Å². The lowest BCUT2D eigenvalue weighted by molar-refractivity contribution is -0.148. The minimum atomic E-state index is -0.953. The first-order chi connectivity index (χ1) is 12.7. The van der Waals surface area contributed by atoms with Gasteiger partial charge in [0.05, 0.1) is 26.1 Å². The van der Waals surface area contributed by atoms with Gasteiger partial charge in [0.15, 0.2) is 0 Å². The summed E-state index contributed by atoms with van der Waals surface area (Å²) in [6, 6.07) is 0.